The van der Waals surface area contributed by atoms with Gasteiger partial charge in [-0.3, -0.25) is 10.1 Å². The van der Waals surface area contributed by atoms with Crippen LogP contribution in [0, 0.1) is 10.1 Å². The van der Waals surface area contributed by atoms with Crippen molar-refractivity contribution in [2.45, 2.75) is 30.2 Å². The summed E-state index contributed by atoms with van der Waals surface area (Å²) in [4.78, 5) is 10.3. The predicted molar refractivity (Wildman–Crippen MR) is 90.2 cm³/mol. The molecule has 126 valence electrons. The normalized spacial score (nSPS) is 17.1. The van der Waals surface area contributed by atoms with E-state index < -0.39 is 14.9 Å². The lowest BCUT2D eigenvalue weighted by atomic mass is 9.87. The van der Waals surface area contributed by atoms with E-state index in [1.54, 1.807) is 0 Å². The molecule has 2 aromatic rings. The molecule has 2 aromatic carbocycles. The van der Waals surface area contributed by atoms with E-state index in [0.717, 1.165) is 30.9 Å². The Kier molecular flexibility index (Phi) is 4.25. The van der Waals surface area contributed by atoms with Gasteiger partial charge in [-0.05, 0) is 36.5 Å². The molecule has 0 unspecified atom stereocenters. The third kappa shape index (κ3) is 3.24. The maximum Gasteiger partial charge on any atom is 0.271 e. The number of anilines is 1. The van der Waals surface area contributed by atoms with Gasteiger partial charge in [-0.25, -0.2) is 13.6 Å². The molecule has 8 heteroatoms. The Balaban J connectivity index is 2.03. The molecule has 0 fully saturated rings. The molecule has 0 bridgehead atoms. The Hall–Kier alpha value is -2.45. The van der Waals surface area contributed by atoms with Gasteiger partial charge in [0.25, 0.3) is 5.69 Å². The van der Waals surface area contributed by atoms with E-state index in [4.69, 9.17) is 5.14 Å². The number of nitro groups is 1. The minimum Gasteiger partial charge on any atom is -0.377 e. The quantitative estimate of drug-likeness (QED) is 0.652. The number of nitrogens with zero attached hydrogens (tertiary/aromatic N) is 1. The average Bonchev–Trinajstić information content (AvgIpc) is 2.54. The molecule has 0 saturated carbocycles. The molecule has 1 aliphatic carbocycles. The standard InChI is InChI=1S/C16H17N3O4S/c17-24(22,23)16-9-8-12(19(20)21)10-15(16)18-14-7-3-5-11-4-1-2-6-13(11)14/h1-2,4,6,8-10,14,18H,3,5,7H2,(H2,17,22,23)/t14-/m1/s1. The first-order chi connectivity index (χ1) is 11.4. The lowest BCUT2D eigenvalue weighted by Gasteiger charge is -2.27. The van der Waals surface area contributed by atoms with Gasteiger partial charge in [-0.2, -0.15) is 0 Å². The molecule has 3 N–H and O–H groups in total. The second-order valence-electron chi connectivity index (χ2n) is 5.77. The molecule has 1 aliphatic rings. The highest BCUT2D eigenvalue weighted by molar-refractivity contribution is 7.89. The van der Waals surface area contributed by atoms with Crippen LogP contribution < -0.4 is 10.5 Å². The summed E-state index contributed by atoms with van der Waals surface area (Å²) in [7, 11) is -3.99. The van der Waals surface area contributed by atoms with Crippen LogP contribution in [0.3, 0.4) is 0 Å². The van der Waals surface area contributed by atoms with Crippen molar-refractivity contribution in [1.82, 2.24) is 0 Å². The van der Waals surface area contributed by atoms with Gasteiger partial charge in [0.15, 0.2) is 0 Å². The van der Waals surface area contributed by atoms with Crippen molar-refractivity contribution in [1.29, 1.82) is 0 Å². The molecule has 24 heavy (non-hydrogen) atoms. The number of non-ortho nitro benzene ring substituents is 1. The highest BCUT2D eigenvalue weighted by Gasteiger charge is 2.24. The Labute approximate surface area is 139 Å². The zero-order valence-electron chi connectivity index (χ0n) is 12.8. The maximum atomic E-state index is 11.8. The van der Waals surface area contributed by atoms with Crippen LogP contribution in [0.15, 0.2) is 47.4 Å². The zero-order valence-corrected chi connectivity index (χ0v) is 13.6. The summed E-state index contributed by atoms with van der Waals surface area (Å²) in [5.41, 5.74) is 2.25. The van der Waals surface area contributed by atoms with Gasteiger partial charge in [-0.15, -0.1) is 0 Å². The van der Waals surface area contributed by atoms with Crippen LogP contribution >= 0.6 is 0 Å². The van der Waals surface area contributed by atoms with E-state index in [9.17, 15) is 18.5 Å². The van der Waals surface area contributed by atoms with E-state index >= 15 is 0 Å². The number of fused-ring (bicyclic) bond motifs is 1. The molecular formula is C16H17N3O4S. The van der Waals surface area contributed by atoms with Crippen molar-refractivity contribution >= 4 is 21.4 Å². The lowest BCUT2D eigenvalue weighted by molar-refractivity contribution is -0.384. The smallest absolute Gasteiger partial charge is 0.271 e. The Bertz CT molecular complexity index is 896. The first kappa shape index (κ1) is 16.4. The number of sulfonamides is 1. The van der Waals surface area contributed by atoms with Gasteiger partial charge in [0.2, 0.25) is 10.0 Å². The molecule has 0 aliphatic heterocycles. The Morgan fingerprint density at radius 3 is 2.67 bits per heavy atom. The van der Waals surface area contributed by atoms with Crippen LogP contribution in [0.5, 0.6) is 0 Å². The van der Waals surface area contributed by atoms with Crippen LogP contribution in [0.1, 0.15) is 30.0 Å². The summed E-state index contributed by atoms with van der Waals surface area (Å²) >= 11 is 0. The van der Waals surface area contributed by atoms with Crippen molar-refractivity contribution < 1.29 is 13.3 Å². The van der Waals surface area contributed by atoms with Crippen molar-refractivity contribution in [3.63, 3.8) is 0 Å². The van der Waals surface area contributed by atoms with E-state index in [-0.39, 0.29) is 22.3 Å². The van der Waals surface area contributed by atoms with E-state index in [0.29, 0.717) is 0 Å². The van der Waals surface area contributed by atoms with E-state index in [2.05, 4.69) is 5.32 Å². The number of rotatable bonds is 4. The van der Waals surface area contributed by atoms with Crippen molar-refractivity contribution in [2.24, 2.45) is 5.14 Å². The number of benzene rings is 2. The lowest BCUT2D eigenvalue weighted by Crippen LogP contribution is -2.20. The average molecular weight is 347 g/mol. The predicted octanol–water partition coefficient (Wildman–Crippen LogP) is 2.73. The van der Waals surface area contributed by atoms with Crippen LogP contribution in [0.2, 0.25) is 0 Å². The molecule has 3 rings (SSSR count). The van der Waals surface area contributed by atoms with Crippen LogP contribution in [0.4, 0.5) is 11.4 Å². The van der Waals surface area contributed by atoms with Crippen LogP contribution in [0.25, 0.3) is 0 Å². The van der Waals surface area contributed by atoms with Gasteiger partial charge in [0.05, 0.1) is 16.7 Å². The number of nitrogens with two attached hydrogens (primary N) is 1. The molecule has 0 aromatic heterocycles. The Morgan fingerprint density at radius 1 is 1.21 bits per heavy atom. The van der Waals surface area contributed by atoms with Gasteiger partial charge in [0, 0.05) is 12.1 Å². The molecule has 7 nitrogen and oxygen atoms in total. The minimum atomic E-state index is -3.99. The number of primary sulfonamides is 1. The summed E-state index contributed by atoms with van der Waals surface area (Å²) in [6.45, 7) is 0. The summed E-state index contributed by atoms with van der Waals surface area (Å²) < 4.78 is 23.6. The topological polar surface area (TPSA) is 115 Å². The molecular weight excluding hydrogens is 330 g/mol. The highest BCUT2D eigenvalue weighted by Crippen LogP contribution is 2.35. The third-order valence-corrected chi connectivity index (χ3v) is 5.15. The van der Waals surface area contributed by atoms with Gasteiger partial charge < -0.3 is 5.32 Å². The minimum absolute atomic E-state index is 0.113. The van der Waals surface area contributed by atoms with Crippen molar-refractivity contribution in [3.05, 3.63) is 63.7 Å². The largest absolute Gasteiger partial charge is 0.377 e. The van der Waals surface area contributed by atoms with Gasteiger partial charge in [-0.1, -0.05) is 24.3 Å². The van der Waals surface area contributed by atoms with Crippen LogP contribution in [-0.2, 0) is 16.4 Å². The zero-order chi connectivity index (χ0) is 17.3. The fourth-order valence-corrected chi connectivity index (χ4v) is 3.77. The maximum absolute atomic E-state index is 11.8. The van der Waals surface area contributed by atoms with Crippen LogP contribution in [-0.4, -0.2) is 13.3 Å². The Morgan fingerprint density at radius 2 is 1.96 bits per heavy atom. The van der Waals surface area contributed by atoms with E-state index in [1.807, 2.05) is 24.3 Å². The molecule has 0 spiro atoms. The monoisotopic (exact) mass is 347 g/mol. The summed E-state index contributed by atoms with van der Waals surface area (Å²) in [5, 5.41) is 19.4. The highest BCUT2D eigenvalue weighted by atomic mass is 32.2. The summed E-state index contributed by atoms with van der Waals surface area (Å²) in [6.07, 6.45) is 2.73. The number of nitro benzene ring substituents is 1. The SMILES string of the molecule is NS(=O)(=O)c1ccc([N+](=O)[O-])cc1N[C@@H]1CCCc2ccccc21. The second kappa shape index (κ2) is 6.21. The summed E-state index contributed by atoms with van der Waals surface area (Å²) in [6, 6.07) is 11.3. The second-order valence-corrected chi connectivity index (χ2v) is 7.30. The molecule has 0 saturated heterocycles. The number of hydrogen-bond acceptors (Lipinski definition) is 5. The summed E-state index contributed by atoms with van der Waals surface area (Å²) in [5.74, 6) is 0. The first-order valence-corrected chi connectivity index (χ1v) is 9.06. The number of aryl methyl sites for hydroxylation is 1. The van der Waals surface area contributed by atoms with E-state index in [1.165, 1.54) is 17.7 Å². The number of hydrogen-bond donors (Lipinski definition) is 2. The van der Waals surface area contributed by atoms with Crippen molar-refractivity contribution in [3.8, 4) is 0 Å². The van der Waals surface area contributed by atoms with Gasteiger partial charge >= 0.3 is 0 Å². The fourth-order valence-electron chi connectivity index (χ4n) is 3.08. The molecule has 1 atom stereocenters. The molecule has 0 heterocycles. The molecule has 0 radical (unpaired) electrons. The van der Waals surface area contributed by atoms with Crippen molar-refractivity contribution in [2.75, 3.05) is 5.32 Å². The van der Waals surface area contributed by atoms with Gasteiger partial charge in [0.1, 0.15) is 4.90 Å². The first-order valence-electron chi connectivity index (χ1n) is 7.52. The fraction of sp³-hybridized carbons (Fsp3) is 0.250. The number of nitrogens with one attached hydrogen (secondary N) is 1. The third-order valence-electron chi connectivity index (χ3n) is 4.18. The molecule has 0 amide bonds.